The minimum absolute atomic E-state index is 0.0114. The third-order valence-corrected chi connectivity index (χ3v) is 12.3. The lowest BCUT2D eigenvalue weighted by atomic mass is 10.0. The van der Waals surface area contributed by atoms with Crippen LogP contribution in [-0.2, 0) is 18.4 Å². The summed E-state index contributed by atoms with van der Waals surface area (Å²) in [6, 6.07) is -0.794. The van der Waals surface area contributed by atoms with Crippen LogP contribution in [0.5, 0.6) is 0 Å². The minimum atomic E-state index is -4.54. The number of rotatable bonds is 46. The molecule has 0 radical (unpaired) electrons. The number of amides is 1. The number of aliphatic hydroxyl groups is 1. The molecule has 0 bridgehead atoms. The molecule has 0 aromatic carbocycles. The van der Waals surface area contributed by atoms with Crippen LogP contribution in [0.3, 0.4) is 0 Å². The van der Waals surface area contributed by atoms with Gasteiger partial charge in [-0.25, -0.2) is 0 Å². The monoisotopic (exact) mass is 867 g/mol. The number of hydrogen-bond acceptors (Lipinski definition) is 6. The fourth-order valence-corrected chi connectivity index (χ4v) is 8.06. The molecule has 0 aromatic heterocycles. The first-order chi connectivity index (χ1) is 29.0. The van der Waals surface area contributed by atoms with Gasteiger partial charge < -0.3 is 28.8 Å². The Labute approximate surface area is 372 Å². The van der Waals surface area contributed by atoms with E-state index in [-0.39, 0.29) is 19.1 Å². The van der Waals surface area contributed by atoms with Gasteiger partial charge in [0.05, 0.1) is 39.9 Å². The molecule has 354 valence electrons. The van der Waals surface area contributed by atoms with Crippen LogP contribution >= 0.6 is 7.82 Å². The van der Waals surface area contributed by atoms with Gasteiger partial charge in [-0.1, -0.05) is 211 Å². The second kappa shape index (κ2) is 43.0. The summed E-state index contributed by atoms with van der Waals surface area (Å²) in [6.45, 7) is 4.54. The zero-order chi connectivity index (χ0) is 44.3. The molecule has 8 nitrogen and oxygen atoms in total. The van der Waals surface area contributed by atoms with Crippen LogP contribution < -0.4 is 10.2 Å². The molecule has 2 N–H and O–H groups in total. The van der Waals surface area contributed by atoms with Gasteiger partial charge in [0.15, 0.2) is 0 Å². The molecular weight excluding hydrogens is 768 g/mol. The Balaban J connectivity index is 3.68. The van der Waals surface area contributed by atoms with Crippen molar-refractivity contribution in [2.45, 2.75) is 244 Å². The van der Waals surface area contributed by atoms with Crippen LogP contribution in [0.4, 0.5) is 0 Å². The molecule has 1 amide bonds. The van der Waals surface area contributed by atoms with Crippen molar-refractivity contribution in [3.8, 4) is 0 Å². The summed E-state index contributed by atoms with van der Waals surface area (Å²) in [4.78, 5) is 25.0. The van der Waals surface area contributed by atoms with E-state index in [1.165, 1.54) is 154 Å². The van der Waals surface area contributed by atoms with Gasteiger partial charge in [0, 0.05) is 6.42 Å². The number of phosphoric acid groups is 1. The highest BCUT2D eigenvalue weighted by Gasteiger charge is 2.24. The Morgan fingerprint density at radius 1 is 0.583 bits per heavy atom. The first-order valence-electron chi connectivity index (χ1n) is 25.3. The molecule has 60 heavy (non-hydrogen) atoms. The number of quaternary nitrogens is 1. The molecule has 0 aliphatic carbocycles. The Hall–Kier alpha value is -1.28. The van der Waals surface area contributed by atoms with Gasteiger partial charge in [0.25, 0.3) is 7.82 Å². The summed E-state index contributed by atoms with van der Waals surface area (Å²) in [7, 11) is 1.30. The highest BCUT2D eigenvalue weighted by molar-refractivity contribution is 7.45. The summed E-state index contributed by atoms with van der Waals surface area (Å²) >= 11 is 0. The van der Waals surface area contributed by atoms with Gasteiger partial charge in [0.2, 0.25) is 5.91 Å². The maximum Gasteiger partial charge on any atom is 0.268 e. The van der Waals surface area contributed by atoms with Crippen molar-refractivity contribution in [2.24, 2.45) is 0 Å². The number of carbonyl (C=O) groups is 1. The number of nitrogens with one attached hydrogen (secondary N) is 1. The molecule has 0 saturated heterocycles. The van der Waals surface area contributed by atoms with E-state index in [4.69, 9.17) is 9.05 Å². The highest BCUT2D eigenvalue weighted by atomic mass is 31.2. The van der Waals surface area contributed by atoms with E-state index in [1.54, 1.807) is 0 Å². The molecule has 0 saturated carbocycles. The SMILES string of the molecule is CCCCCCC/C=C\C/C=C\C/C=C\CCCCCCCCCCCCCCCCCCCCCCC(=O)NC(COP(=O)([O-])OCC[N+](C)(C)C)C(O)CCCCC. The molecule has 0 aromatic rings. The zero-order valence-electron chi connectivity index (χ0n) is 40.2. The second-order valence-electron chi connectivity index (χ2n) is 18.5. The van der Waals surface area contributed by atoms with Crippen molar-refractivity contribution in [3.63, 3.8) is 0 Å². The van der Waals surface area contributed by atoms with Gasteiger partial charge >= 0.3 is 0 Å². The van der Waals surface area contributed by atoms with E-state index >= 15 is 0 Å². The summed E-state index contributed by atoms with van der Waals surface area (Å²) in [5.41, 5.74) is 0. The van der Waals surface area contributed by atoms with Crippen molar-refractivity contribution >= 4 is 13.7 Å². The zero-order valence-corrected chi connectivity index (χ0v) is 41.1. The van der Waals surface area contributed by atoms with Crippen LogP contribution in [0, 0.1) is 0 Å². The van der Waals surface area contributed by atoms with Gasteiger partial charge in [-0.2, -0.15) is 0 Å². The topological polar surface area (TPSA) is 108 Å². The van der Waals surface area contributed by atoms with E-state index in [0.29, 0.717) is 23.9 Å². The molecule has 0 rings (SSSR count). The maximum absolute atomic E-state index is 12.7. The van der Waals surface area contributed by atoms with Crippen LogP contribution in [0.15, 0.2) is 36.5 Å². The third-order valence-electron chi connectivity index (χ3n) is 11.4. The Morgan fingerprint density at radius 3 is 1.40 bits per heavy atom. The molecule has 0 aliphatic heterocycles. The highest BCUT2D eigenvalue weighted by Crippen LogP contribution is 2.38. The number of phosphoric ester groups is 1. The number of nitrogens with zero attached hydrogens (tertiary/aromatic N) is 1. The van der Waals surface area contributed by atoms with Gasteiger partial charge in [0.1, 0.15) is 13.2 Å². The van der Waals surface area contributed by atoms with E-state index in [1.807, 2.05) is 21.1 Å². The number of allylic oxidation sites excluding steroid dienone is 6. The van der Waals surface area contributed by atoms with Crippen molar-refractivity contribution in [2.75, 3.05) is 40.9 Å². The first-order valence-corrected chi connectivity index (χ1v) is 26.8. The standard InChI is InChI=1S/C51H99N2O6P/c1-6-8-10-11-12-13-14-15-16-17-18-19-20-21-22-23-24-25-26-27-28-29-30-31-32-33-34-35-36-37-38-39-40-41-43-45-51(55)52-49(50(54)44-42-9-7-2)48-59-60(56,57)58-47-46-53(3,4)5/h14-15,17-18,20-21,49-50,54H,6-13,16,19,22-48H2,1-5H3,(H-,52,55,56,57)/b15-14-,18-17-,21-20-. The number of unbranched alkanes of at least 4 members (excludes halogenated alkanes) is 27. The van der Waals surface area contributed by atoms with Crippen LogP contribution in [0.25, 0.3) is 0 Å². The molecule has 0 fully saturated rings. The minimum Gasteiger partial charge on any atom is -0.756 e. The summed E-state index contributed by atoms with van der Waals surface area (Å²) in [6.07, 6.45) is 54.2. The van der Waals surface area contributed by atoms with Gasteiger partial charge in [-0.15, -0.1) is 0 Å². The van der Waals surface area contributed by atoms with Crippen LogP contribution in [0.2, 0.25) is 0 Å². The molecule has 9 heteroatoms. The lowest BCUT2D eigenvalue weighted by Gasteiger charge is -2.30. The van der Waals surface area contributed by atoms with E-state index < -0.39 is 20.0 Å². The Morgan fingerprint density at radius 2 is 0.967 bits per heavy atom. The van der Waals surface area contributed by atoms with Crippen molar-refractivity contribution in [1.29, 1.82) is 0 Å². The number of likely N-dealkylation sites (N-methyl/N-ethyl adjacent to an activating group) is 1. The van der Waals surface area contributed by atoms with E-state index in [9.17, 15) is 19.4 Å². The number of carbonyl (C=O) groups excluding carboxylic acids is 1. The average molecular weight is 867 g/mol. The first kappa shape index (κ1) is 58.7. The second-order valence-corrected chi connectivity index (χ2v) is 19.9. The quantitative estimate of drug-likeness (QED) is 0.0273. The smallest absolute Gasteiger partial charge is 0.268 e. The van der Waals surface area contributed by atoms with E-state index in [2.05, 4.69) is 55.6 Å². The Bertz CT molecular complexity index is 1070. The normalized spacial score (nSPS) is 14.4. The molecular formula is C51H99N2O6P. The fraction of sp³-hybridized carbons (Fsp3) is 0.863. The summed E-state index contributed by atoms with van der Waals surface area (Å²) in [5.74, 6) is -0.175. The van der Waals surface area contributed by atoms with Gasteiger partial charge in [-0.3, -0.25) is 9.36 Å². The number of hydrogen-bond donors (Lipinski definition) is 2. The lowest BCUT2D eigenvalue weighted by molar-refractivity contribution is -0.870. The van der Waals surface area contributed by atoms with Crippen molar-refractivity contribution < 1.29 is 32.9 Å². The molecule has 0 aliphatic rings. The largest absolute Gasteiger partial charge is 0.756 e. The summed E-state index contributed by atoms with van der Waals surface area (Å²) < 4.78 is 23.0. The Kier molecular flexibility index (Phi) is 42.1. The fourth-order valence-electron chi connectivity index (χ4n) is 7.34. The average Bonchev–Trinajstić information content (AvgIpc) is 3.20. The third kappa shape index (κ3) is 44.8. The number of aliphatic hydroxyl groups excluding tert-OH is 1. The van der Waals surface area contributed by atoms with Crippen molar-refractivity contribution in [3.05, 3.63) is 36.5 Å². The predicted molar refractivity (Wildman–Crippen MR) is 256 cm³/mol. The lowest BCUT2D eigenvalue weighted by Crippen LogP contribution is -2.46. The van der Waals surface area contributed by atoms with Gasteiger partial charge in [-0.05, 0) is 51.4 Å². The summed E-state index contributed by atoms with van der Waals surface area (Å²) in [5, 5.41) is 13.6. The van der Waals surface area contributed by atoms with Crippen LogP contribution in [0.1, 0.15) is 232 Å². The molecule has 0 spiro atoms. The molecule has 3 atom stereocenters. The maximum atomic E-state index is 12.7. The van der Waals surface area contributed by atoms with E-state index in [0.717, 1.165) is 51.4 Å². The van der Waals surface area contributed by atoms with Crippen molar-refractivity contribution in [1.82, 2.24) is 5.32 Å². The molecule has 3 unspecified atom stereocenters. The van der Waals surface area contributed by atoms with Crippen LogP contribution in [-0.4, -0.2) is 68.5 Å². The molecule has 0 heterocycles. The predicted octanol–water partition coefficient (Wildman–Crippen LogP) is 14.0.